The Morgan fingerprint density at radius 2 is 1.86 bits per heavy atom. The minimum Gasteiger partial charge on any atom is -0.342 e. The zero-order chi connectivity index (χ0) is 14.5. The minimum atomic E-state index is 0.229. The number of amides is 1. The van der Waals surface area contributed by atoms with Crippen LogP contribution in [0.2, 0.25) is 0 Å². The van der Waals surface area contributed by atoms with Crippen molar-refractivity contribution >= 4 is 17.2 Å². The van der Waals surface area contributed by atoms with Gasteiger partial charge >= 0.3 is 0 Å². The van der Waals surface area contributed by atoms with Gasteiger partial charge < -0.3 is 10.2 Å². The number of thiophene rings is 1. The van der Waals surface area contributed by atoms with Crippen molar-refractivity contribution in [1.82, 2.24) is 10.2 Å². The van der Waals surface area contributed by atoms with E-state index in [4.69, 9.17) is 0 Å². The molecule has 0 aliphatic carbocycles. The van der Waals surface area contributed by atoms with Crippen LogP contribution < -0.4 is 5.32 Å². The summed E-state index contributed by atoms with van der Waals surface area (Å²) >= 11 is 1.78. The molecule has 0 unspecified atom stereocenters. The summed E-state index contributed by atoms with van der Waals surface area (Å²) in [5.74, 6) is 0.229. The topological polar surface area (TPSA) is 32.3 Å². The predicted octanol–water partition coefficient (Wildman–Crippen LogP) is 3.13. The summed E-state index contributed by atoms with van der Waals surface area (Å²) in [7, 11) is 0. The van der Waals surface area contributed by atoms with Gasteiger partial charge in [0.15, 0.2) is 0 Å². The Balaban J connectivity index is 1.50. The zero-order valence-electron chi connectivity index (χ0n) is 12.0. The standard InChI is InChI=1S/C17H20N2OS/c20-17(19-10-4-5-11-19)13-18-12-15-8-9-16(21-15)14-6-2-1-3-7-14/h1-3,6-9,18H,4-5,10-13H2. The maximum absolute atomic E-state index is 11.9. The van der Waals surface area contributed by atoms with Crippen LogP contribution in [0.4, 0.5) is 0 Å². The molecule has 0 atom stereocenters. The average Bonchev–Trinajstić information content (AvgIpc) is 3.20. The second-order valence-electron chi connectivity index (χ2n) is 5.32. The molecular weight excluding hydrogens is 280 g/mol. The third-order valence-electron chi connectivity index (χ3n) is 3.75. The molecule has 3 nitrogen and oxygen atoms in total. The number of likely N-dealkylation sites (tertiary alicyclic amines) is 1. The van der Waals surface area contributed by atoms with Crippen LogP contribution in [0.15, 0.2) is 42.5 Å². The van der Waals surface area contributed by atoms with E-state index in [-0.39, 0.29) is 5.91 Å². The first kappa shape index (κ1) is 14.3. The Labute approximate surface area is 129 Å². The minimum absolute atomic E-state index is 0.229. The molecule has 0 saturated carbocycles. The van der Waals surface area contributed by atoms with Crippen molar-refractivity contribution in [3.05, 3.63) is 47.3 Å². The lowest BCUT2D eigenvalue weighted by atomic mass is 10.2. The van der Waals surface area contributed by atoms with Gasteiger partial charge in [-0.1, -0.05) is 30.3 Å². The van der Waals surface area contributed by atoms with Crippen molar-refractivity contribution in [2.45, 2.75) is 19.4 Å². The van der Waals surface area contributed by atoms with Gasteiger partial charge in [-0.2, -0.15) is 0 Å². The number of hydrogen-bond donors (Lipinski definition) is 1. The van der Waals surface area contributed by atoms with Crippen molar-refractivity contribution in [2.24, 2.45) is 0 Å². The van der Waals surface area contributed by atoms with Gasteiger partial charge in [0, 0.05) is 29.4 Å². The second kappa shape index (κ2) is 6.87. The lowest BCUT2D eigenvalue weighted by Crippen LogP contribution is -2.35. The Morgan fingerprint density at radius 3 is 2.62 bits per heavy atom. The van der Waals surface area contributed by atoms with E-state index in [1.807, 2.05) is 11.0 Å². The highest BCUT2D eigenvalue weighted by Crippen LogP contribution is 2.27. The van der Waals surface area contributed by atoms with E-state index in [0.29, 0.717) is 6.54 Å². The fraction of sp³-hybridized carbons (Fsp3) is 0.353. The highest BCUT2D eigenvalue weighted by Gasteiger charge is 2.16. The van der Waals surface area contributed by atoms with E-state index in [1.54, 1.807) is 11.3 Å². The lowest BCUT2D eigenvalue weighted by Gasteiger charge is -2.15. The molecular formula is C17H20N2OS. The molecule has 1 amide bonds. The van der Waals surface area contributed by atoms with Crippen LogP contribution >= 0.6 is 11.3 Å². The zero-order valence-corrected chi connectivity index (χ0v) is 12.9. The molecule has 110 valence electrons. The molecule has 21 heavy (non-hydrogen) atoms. The molecule has 1 saturated heterocycles. The molecule has 0 bridgehead atoms. The first-order valence-corrected chi connectivity index (χ1v) is 8.27. The van der Waals surface area contributed by atoms with Crippen LogP contribution in [0, 0.1) is 0 Å². The molecule has 0 spiro atoms. The van der Waals surface area contributed by atoms with Gasteiger partial charge in [-0.15, -0.1) is 11.3 Å². The van der Waals surface area contributed by atoms with Gasteiger partial charge in [-0.3, -0.25) is 4.79 Å². The van der Waals surface area contributed by atoms with E-state index in [2.05, 4.69) is 41.7 Å². The van der Waals surface area contributed by atoms with Gasteiger partial charge in [0.25, 0.3) is 0 Å². The Morgan fingerprint density at radius 1 is 1.10 bits per heavy atom. The van der Waals surface area contributed by atoms with Gasteiger partial charge in [-0.25, -0.2) is 0 Å². The normalized spacial score (nSPS) is 14.6. The number of carbonyl (C=O) groups is 1. The molecule has 1 aromatic carbocycles. The number of rotatable bonds is 5. The van der Waals surface area contributed by atoms with Gasteiger partial charge in [0.05, 0.1) is 6.54 Å². The maximum Gasteiger partial charge on any atom is 0.236 e. The van der Waals surface area contributed by atoms with Crippen LogP contribution in [0.5, 0.6) is 0 Å². The Bertz CT molecular complexity index is 588. The van der Waals surface area contributed by atoms with Gasteiger partial charge in [0.2, 0.25) is 5.91 Å². The molecule has 1 N–H and O–H groups in total. The summed E-state index contributed by atoms with van der Waals surface area (Å²) in [6, 6.07) is 14.7. The fourth-order valence-electron chi connectivity index (χ4n) is 2.60. The maximum atomic E-state index is 11.9. The summed E-state index contributed by atoms with van der Waals surface area (Å²) < 4.78 is 0. The predicted molar refractivity (Wildman–Crippen MR) is 87.3 cm³/mol. The summed E-state index contributed by atoms with van der Waals surface area (Å²) in [6.07, 6.45) is 2.30. The molecule has 4 heteroatoms. The number of carbonyl (C=O) groups excluding carboxylic acids is 1. The number of nitrogens with one attached hydrogen (secondary N) is 1. The van der Waals surface area contributed by atoms with E-state index in [1.165, 1.54) is 15.3 Å². The van der Waals surface area contributed by atoms with E-state index in [0.717, 1.165) is 32.5 Å². The fourth-order valence-corrected chi connectivity index (χ4v) is 3.58. The summed E-state index contributed by atoms with van der Waals surface area (Å²) in [5, 5.41) is 3.26. The van der Waals surface area contributed by atoms with Crippen molar-refractivity contribution in [2.75, 3.05) is 19.6 Å². The molecule has 0 radical (unpaired) electrons. The Kier molecular flexibility index (Phi) is 4.68. The van der Waals surface area contributed by atoms with E-state index < -0.39 is 0 Å². The van der Waals surface area contributed by atoms with Crippen LogP contribution in [-0.2, 0) is 11.3 Å². The molecule has 1 fully saturated rings. The summed E-state index contributed by atoms with van der Waals surface area (Å²) in [6.45, 7) is 3.06. The average molecular weight is 300 g/mol. The van der Waals surface area contributed by atoms with Crippen molar-refractivity contribution < 1.29 is 4.79 Å². The Hall–Kier alpha value is -1.65. The molecule has 1 aromatic heterocycles. The van der Waals surface area contributed by atoms with Gasteiger partial charge in [0.1, 0.15) is 0 Å². The van der Waals surface area contributed by atoms with Crippen molar-refractivity contribution in [3.8, 4) is 10.4 Å². The molecule has 1 aliphatic heterocycles. The molecule has 2 aromatic rings. The first-order valence-electron chi connectivity index (χ1n) is 7.45. The van der Waals surface area contributed by atoms with Crippen molar-refractivity contribution in [1.29, 1.82) is 0 Å². The highest BCUT2D eigenvalue weighted by atomic mass is 32.1. The first-order chi connectivity index (χ1) is 10.3. The number of hydrogen-bond acceptors (Lipinski definition) is 3. The number of nitrogens with zero attached hydrogens (tertiary/aromatic N) is 1. The van der Waals surface area contributed by atoms with Gasteiger partial charge in [-0.05, 0) is 30.5 Å². The smallest absolute Gasteiger partial charge is 0.236 e. The summed E-state index contributed by atoms with van der Waals surface area (Å²) in [4.78, 5) is 16.4. The lowest BCUT2D eigenvalue weighted by molar-refractivity contribution is -0.129. The van der Waals surface area contributed by atoms with Crippen LogP contribution in [0.1, 0.15) is 17.7 Å². The van der Waals surface area contributed by atoms with E-state index >= 15 is 0 Å². The SMILES string of the molecule is O=C(CNCc1ccc(-c2ccccc2)s1)N1CCCC1. The largest absolute Gasteiger partial charge is 0.342 e. The third-order valence-corrected chi connectivity index (χ3v) is 4.89. The third kappa shape index (κ3) is 3.71. The highest BCUT2D eigenvalue weighted by molar-refractivity contribution is 7.15. The second-order valence-corrected chi connectivity index (χ2v) is 6.49. The van der Waals surface area contributed by atoms with Crippen molar-refractivity contribution in [3.63, 3.8) is 0 Å². The molecule has 3 rings (SSSR count). The van der Waals surface area contributed by atoms with Crippen LogP contribution in [-0.4, -0.2) is 30.4 Å². The quantitative estimate of drug-likeness (QED) is 0.920. The number of benzene rings is 1. The summed E-state index contributed by atoms with van der Waals surface area (Å²) in [5.41, 5.74) is 1.25. The molecule has 1 aliphatic rings. The van der Waals surface area contributed by atoms with Crippen LogP contribution in [0.3, 0.4) is 0 Å². The van der Waals surface area contributed by atoms with Crippen LogP contribution in [0.25, 0.3) is 10.4 Å². The van der Waals surface area contributed by atoms with E-state index in [9.17, 15) is 4.79 Å². The molecule has 2 heterocycles. The monoisotopic (exact) mass is 300 g/mol.